The minimum Gasteiger partial charge on any atom is -0.381 e. The molecule has 1 unspecified atom stereocenters. The molecule has 2 aliphatic heterocycles. The van der Waals surface area contributed by atoms with Gasteiger partial charge in [-0.25, -0.2) is 8.78 Å². The van der Waals surface area contributed by atoms with E-state index in [2.05, 4.69) is 5.32 Å². The number of nitrogens with one attached hydrogen (secondary N) is 1. The maximum Gasteiger partial charge on any atom is 0.251 e. The van der Waals surface area contributed by atoms with Crippen LogP contribution >= 0.6 is 0 Å². The highest BCUT2D eigenvalue weighted by atomic mass is 19.3. The predicted molar refractivity (Wildman–Crippen MR) is 71.7 cm³/mol. The van der Waals surface area contributed by atoms with Crippen LogP contribution in [0.2, 0.25) is 0 Å². The first-order valence-electron chi connectivity index (χ1n) is 7.51. The van der Waals surface area contributed by atoms with E-state index in [0.29, 0.717) is 32.2 Å². The molecule has 0 saturated carbocycles. The summed E-state index contributed by atoms with van der Waals surface area (Å²) in [4.78, 5) is 13.8. The van der Waals surface area contributed by atoms with E-state index in [0.717, 1.165) is 32.3 Å². The largest absolute Gasteiger partial charge is 0.381 e. The summed E-state index contributed by atoms with van der Waals surface area (Å²) in [5.41, 5.74) is 0. The van der Waals surface area contributed by atoms with Crippen LogP contribution in [-0.2, 0) is 9.53 Å². The van der Waals surface area contributed by atoms with Crippen molar-refractivity contribution < 1.29 is 18.3 Å². The molecule has 20 heavy (non-hydrogen) atoms. The number of carbonyl (C=O) groups excluding carboxylic acids is 1. The maximum absolute atomic E-state index is 12.3. The van der Waals surface area contributed by atoms with E-state index < -0.39 is 6.43 Å². The van der Waals surface area contributed by atoms with E-state index in [9.17, 15) is 13.6 Å². The number of hydrogen-bond acceptors (Lipinski definition) is 3. The topological polar surface area (TPSA) is 41.6 Å². The standard InChI is InChI=1S/C14H24F2N2O2/c15-13(16)9-18-5-3-11(4-6-18)8-17-14(19)12-2-1-7-20-10-12/h11-13H,1-10H2,(H,17,19). The van der Waals surface area contributed by atoms with Gasteiger partial charge >= 0.3 is 0 Å². The maximum atomic E-state index is 12.3. The van der Waals surface area contributed by atoms with Crippen molar-refractivity contribution in [3.05, 3.63) is 0 Å². The van der Waals surface area contributed by atoms with Gasteiger partial charge in [0.2, 0.25) is 5.91 Å². The van der Waals surface area contributed by atoms with Crippen LogP contribution in [-0.4, -0.2) is 56.6 Å². The molecule has 2 heterocycles. The Hall–Kier alpha value is -0.750. The number of halogens is 2. The Morgan fingerprint density at radius 2 is 2.05 bits per heavy atom. The third-order valence-electron chi connectivity index (χ3n) is 4.20. The zero-order valence-electron chi connectivity index (χ0n) is 11.8. The molecular weight excluding hydrogens is 266 g/mol. The van der Waals surface area contributed by atoms with Crippen molar-refractivity contribution in [3.8, 4) is 0 Å². The average Bonchev–Trinajstić information content (AvgIpc) is 2.46. The van der Waals surface area contributed by atoms with Gasteiger partial charge in [0.05, 0.1) is 19.1 Å². The monoisotopic (exact) mass is 290 g/mol. The van der Waals surface area contributed by atoms with Gasteiger partial charge in [-0.2, -0.15) is 0 Å². The van der Waals surface area contributed by atoms with Gasteiger partial charge in [0.15, 0.2) is 0 Å². The summed E-state index contributed by atoms with van der Waals surface area (Å²) in [6, 6.07) is 0. The molecular formula is C14H24F2N2O2. The molecule has 2 aliphatic rings. The Kier molecular flexibility index (Phi) is 6.16. The van der Waals surface area contributed by atoms with E-state index >= 15 is 0 Å². The molecule has 0 aromatic heterocycles. The van der Waals surface area contributed by atoms with Crippen LogP contribution in [0.5, 0.6) is 0 Å². The second kappa shape index (κ2) is 7.88. The van der Waals surface area contributed by atoms with Crippen molar-refractivity contribution in [3.63, 3.8) is 0 Å². The number of carbonyl (C=O) groups is 1. The van der Waals surface area contributed by atoms with Crippen LogP contribution in [0, 0.1) is 11.8 Å². The molecule has 0 radical (unpaired) electrons. The normalized spacial score (nSPS) is 25.9. The van der Waals surface area contributed by atoms with E-state index in [1.165, 1.54) is 0 Å². The second-order valence-electron chi connectivity index (χ2n) is 5.79. The van der Waals surface area contributed by atoms with E-state index in [1.54, 1.807) is 4.90 Å². The number of amides is 1. The Bertz CT molecular complexity index is 302. The van der Waals surface area contributed by atoms with Gasteiger partial charge in [0.1, 0.15) is 0 Å². The lowest BCUT2D eigenvalue weighted by atomic mass is 9.96. The van der Waals surface area contributed by atoms with Crippen molar-refractivity contribution in [1.82, 2.24) is 10.2 Å². The highest BCUT2D eigenvalue weighted by molar-refractivity contribution is 5.78. The number of nitrogens with zero attached hydrogens (tertiary/aromatic N) is 1. The molecule has 0 aromatic rings. The van der Waals surface area contributed by atoms with E-state index in [1.807, 2.05) is 0 Å². The molecule has 6 heteroatoms. The van der Waals surface area contributed by atoms with Gasteiger partial charge in [-0.05, 0) is 44.7 Å². The summed E-state index contributed by atoms with van der Waals surface area (Å²) < 4.78 is 29.8. The third kappa shape index (κ3) is 4.98. The summed E-state index contributed by atoms with van der Waals surface area (Å²) in [6.45, 7) is 3.23. The molecule has 1 atom stereocenters. The van der Waals surface area contributed by atoms with Gasteiger partial charge in [-0.3, -0.25) is 9.69 Å². The van der Waals surface area contributed by atoms with Crippen LogP contribution < -0.4 is 5.32 Å². The number of piperidine rings is 1. The smallest absolute Gasteiger partial charge is 0.251 e. The predicted octanol–water partition coefficient (Wildman–Crippen LogP) is 1.51. The molecule has 2 fully saturated rings. The molecule has 116 valence electrons. The average molecular weight is 290 g/mol. The number of rotatable bonds is 5. The van der Waals surface area contributed by atoms with Crippen LogP contribution in [0.1, 0.15) is 25.7 Å². The second-order valence-corrected chi connectivity index (χ2v) is 5.79. The summed E-state index contributed by atoms with van der Waals surface area (Å²) in [5.74, 6) is 0.486. The number of ether oxygens (including phenoxy) is 1. The Balaban J connectivity index is 1.61. The minimum atomic E-state index is -2.25. The zero-order chi connectivity index (χ0) is 14.4. The summed E-state index contributed by atoms with van der Waals surface area (Å²) >= 11 is 0. The van der Waals surface area contributed by atoms with Gasteiger partial charge in [0.25, 0.3) is 6.43 Å². The van der Waals surface area contributed by atoms with Crippen molar-refractivity contribution in [1.29, 1.82) is 0 Å². The lowest BCUT2D eigenvalue weighted by Crippen LogP contribution is -2.42. The fraction of sp³-hybridized carbons (Fsp3) is 0.929. The van der Waals surface area contributed by atoms with Gasteiger partial charge < -0.3 is 10.1 Å². The molecule has 0 bridgehead atoms. The lowest BCUT2D eigenvalue weighted by Gasteiger charge is -2.32. The first-order chi connectivity index (χ1) is 9.65. The number of alkyl halides is 2. The summed E-state index contributed by atoms with van der Waals surface area (Å²) in [6.07, 6.45) is 1.36. The van der Waals surface area contributed by atoms with Crippen LogP contribution in [0.15, 0.2) is 0 Å². The van der Waals surface area contributed by atoms with Gasteiger partial charge in [-0.15, -0.1) is 0 Å². The first-order valence-corrected chi connectivity index (χ1v) is 7.51. The Labute approximate surface area is 118 Å². The first kappa shape index (κ1) is 15.6. The molecule has 2 rings (SSSR count). The van der Waals surface area contributed by atoms with Crippen LogP contribution in [0.3, 0.4) is 0 Å². The molecule has 0 spiro atoms. The van der Waals surface area contributed by atoms with Gasteiger partial charge in [0, 0.05) is 13.2 Å². The summed E-state index contributed by atoms with van der Waals surface area (Å²) in [7, 11) is 0. The number of likely N-dealkylation sites (tertiary alicyclic amines) is 1. The molecule has 4 nitrogen and oxygen atoms in total. The third-order valence-corrected chi connectivity index (χ3v) is 4.20. The van der Waals surface area contributed by atoms with E-state index in [4.69, 9.17) is 4.74 Å². The lowest BCUT2D eigenvalue weighted by molar-refractivity contribution is -0.129. The molecule has 2 saturated heterocycles. The van der Waals surface area contributed by atoms with E-state index in [-0.39, 0.29) is 18.4 Å². The molecule has 0 aliphatic carbocycles. The molecule has 1 amide bonds. The summed E-state index contributed by atoms with van der Waals surface area (Å²) in [5, 5.41) is 2.99. The van der Waals surface area contributed by atoms with Crippen molar-refractivity contribution in [2.75, 3.05) is 39.4 Å². The molecule has 1 N–H and O–H groups in total. The molecule has 0 aromatic carbocycles. The highest BCUT2D eigenvalue weighted by Gasteiger charge is 2.24. The zero-order valence-corrected chi connectivity index (χ0v) is 11.8. The fourth-order valence-corrected chi connectivity index (χ4v) is 2.91. The Morgan fingerprint density at radius 1 is 1.30 bits per heavy atom. The minimum absolute atomic E-state index is 0.0114. The van der Waals surface area contributed by atoms with Crippen molar-refractivity contribution in [2.45, 2.75) is 32.1 Å². The SMILES string of the molecule is O=C(NCC1CCN(CC(F)F)CC1)C1CCCOC1. The fourth-order valence-electron chi connectivity index (χ4n) is 2.91. The van der Waals surface area contributed by atoms with Gasteiger partial charge in [-0.1, -0.05) is 0 Å². The highest BCUT2D eigenvalue weighted by Crippen LogP contribution is 2.18. The van der Waals surface area contributed by atoms with Crippen LogP contribution in [0.25, 0.3) is 0 Å². The van der Waals surface area contributed by atoms with Crippen LogP contribution in [0.4, 0.5) is 8.78 Å². The van der Waals surface area contributed by atoms with Crippen molar-refractivity contribution in [2.24, 2.45) is 11.8 Å². The Morgan fingerprint density at radius 3 is 2.65 bits per heavy atom. The number of hydrogen-bond donors (Lipinski definition) is 1. The quantitative estimate of drug-likeness (QED) is 0.834. The van der Waals surface area contributed by atoms with Crippen molar-refractivity contribution >= 4 is 5.91 Å².